The van der Waals surface area contributed by atoms with E-state index in [-0.39, 0.29) is 0 Å². The molecular weight excluding hydrogens is 348 g/mol. The lowest BCUT2D eigenvalue weighted by atomic mass is 10.2. The SMILES string of the molecule is Cc1ccc(Cl)cc1-n1ncc2c1ncn1nc(-c3ccccc3)nc21. The average Bonchev–Trinajstić information content (AvgIpc) is 3.28. The lowest BCUT2D eigenvalue weighted by Gasteiger charge is -2.07. The molecule has 5 aromatic rings. The molecule has 0 saturated carbocycles. The summed E-state index contributed by atoms with van der Waals surface area (Å²) in [5, 5.41) is 10.5. The average molecular weight is 361 g/mol. The Hall–Kier alpha value is -3.25. The molecule has 3 heterocycles. The highest BCUT2D eigenvalue weighted by Crippen LogP contribution is 2.25. The predicted octanol–water partition coefficient (Wildman–Crippen LogP) is 4.09. The van der Waals surface area contributed by atoms with Crippen LogP contribution in [0.25, 0.3) is 33.8 Å². The summed E-state index contributed by atoms with van der Waals surface area (Å²) in [7, 11) is 0. The van der Waals surface area contributed by atoms with E-state index >= 15 is 0 Å². The summed E-state index contributed by atoms with van der Waals surface area (Å²) in [4.78, 5) is 9.23. The fraction of sp³-hybridized carbons (Fsp3) is 0.0526. The van der Waals surface area contributed by atoms with Crippen LogP contribution in [0, 0.1) is 6.92 Å². The van der Waals surface area contributed by atoms with E-state index in [1.54, 1.807) is 21.7 Å². The van der Waals surface area contributed by atoms with E-state index < -0.39 is 0 Å². The van der Waals surface area contributed by atoms with Crippen LogP contribution in [0.4, 0.5) is 0 Å². The minimum Gasteiger partial charge on any atom is -0.216 e. The molecule has 0 bridgehead atoms. The Bertz CT molecular complexity index is 1260. The minimum atomic E-state index is 0.657. The maximum Gasteiger partial charge on any atom is 0.182 e. The molecule has 6 nitrogen and oxygen atoms in total. The monoisotopic (exact) mass is 360 g/mol. The van der Waals surface area contributed by atoms with Gasteiger partial charge in [0.1, 0.15) is 6.33 Å². The molecule has 5 rings (SSSR count). The van der Waals surface area contributed by atoms with Crippen molar-refractivity contribution in [3.63, 3.8) is 0 Å². The van der Waals surface area contributed by atoms with Gasteiger partial charge in [-0.3, -0.25) is 0 Å². The summed E-state index contributed by atoms with van der Waals surface area (Å²) in [5.41, 5.74) is 4.36. The first-order valence-corrected chi connectivity index (χ1v) is 8.49. The molecule has 2 aromatic carbocycles. The maximum atomic E-state index is 6.16. The van der Waals surface area contributed by atoms with Crippen LogP contribution in [0.15, 0.2) is 61.1 Å². The second-order valence-corrected chi connectivity index (χ2v) is 6.48. The Labute approximate surface area is 153 Å². The van der Waals surface area contributed by atoms with Crippen LogP contribution in [0.5, 0.6) is 0 Å². The molecule has 0 saturated heterocycles. The van der Waals surface area contributed by atoms with E-state index in [1.165, 1.54) is 0 Å². The number of aryl methyl sites for hydroxylation is 1. The van der Waals surface area contributed by atoms with Crippen molar-refractivity contribution in [2.24, 2.45) is 0 Å². The van der Waals surface area contributed by atoms with Crippen molar-refractivity contribution >= 4 is 28.3 Å². The molecule has 0 aliphatic rings. The summed E-state index contributed by atoms with van der Waals surface area (Å²) in [6.07, 6.45) is 3.43. The largest absolute Gasteiger partial charge is 0.216 e. The molecule has 0 aliphatic carbocycles. The van der Waals surface area contributed by atoms with Crippen molar-refractivity contribution in [3.05, 3.63) is 71.6 Å². The zero-order valence-corrected chi connectivity index (χ0v) is 14.6. The van der Waals surface area contributed by atoms with Crippen LogP contribution in [0.1, 0.15) is 5.56 Å². The molecule has 126 valence electrons. The first-order chi connectivity index (χ1) is 12.7. The number of fused-ring (bicyclic) bond motifs is 3. The van der Waals surface area contributed by atoms with E-state index in [4.69, 9.17) is 16.6 Å². The molecule has 0 aliphatic heterocycles. The maximum absolute atomic E-state index is 6.16. The Morgan fingerprint density at radius 2 is 1.85 bits per heavy atom. The van der Waals surface area contributed by atoms with Gasteiger partial charge in [-0.05, 0) is 24.6 Å². The number of nitrogens with zero attached hydrogens (tertiary/aromatic N) is 6. The van der Waals surface area contributed by atoms with Gasteiger partial charge >= 0.3 is 0 Å². The van der Waals surface area contributed by atoms with E-state index in [0.717, 1.165) is 33.5 Å². The minimum absolute atomic E-state index is 0.657. The van der Waals surface area contributed by atoms with Crippen LogP contribution in [0.3, 0.4) is 0 Å². The van der Waals surface area contributed by atoms with Crippen molar-refractivity contribution in [2.45, 2.75) is 6.92 Å². The fourth-order valence-corrected chi connectivity index (χ4v) is 3.18. The first-order valence-electron chi connectivity index (χ1n) is 8.12. The third-order valence-electron chi connectivity index (χ3n) is 4.34. The zero-order chi connectivity index (χ0) is 17.7. The molecule has 0 fully saturated rings. The van der Waals surface area contributed by atoms with Crippen LogP contribution in [0.2, 0.25) is 5.02 Å². The third kappa shape index (κ3) is 2.27. The molecule has 0 unspecified atom stereocenters. The molecule has 0 N–H and O–H groups in total. The summed E-state index contributed by atoms with van der Waals surface area (Å²) >= 11 is 6.16. The van der Waals surface area contributed by atoms with Crippen molar-refractivity contribution in [3.8, 4) is 17.1 Å². The lowest BCUT2D eigenvalue weighted by Crippen LogP contribution is -2.01. The van der Waals surface area contributed by atoms with Gasteiger partial charge in [0.05, 0.1) is 17.3 Å². The van der Waals surface area contributed by atoms with Gasteiger partial charge in [0, 0.05) is 10.6 Å². The van der Waals surface area contributed by atoms with Crippen molar-refractivity contribution < 1.29 is 0 Å². The summed E-state index contributed by atoms with van der Waals surface area (Å²) in [6, 6.07) is 15.6. The summed E-state index contributed by atoms with van der Waals surface area (Å²) in [5.74, 6) is 0.659. The van der Waals surface area contributed by atoms with Gasteiger partial charge in [-0.1, -0.05) is 48.0 Å². The summed E-state index contributed by atoms with van der Waals surface area (Å²) < 4.78 is 3.47. The smallest absolute Gasteiger partial charge is 0.182 e. The summed E-state index contributed by atoms with van der Waals surface area (Å²) in [6.45, 7) is 2.02. The molecule has 0 radical (unpaired) electrons. The topological polar surface area (TPSA) is 60.9 Å². The molecule has 3 aromatic heterocycles. The van der Waals surface area contributed by atoms with Gasteiger partial charge in [-0.2, -0.15) is 5.10 Å². The molecule has 0 amide bonds. The Kier molecular flexibility index (Phi) is 3.26. The number of halogens is 1. The molecule has 7 heteroatoms. The second kappa shape index (κ2) is 5.64. The van der Waals surface area contributed by atoms with Crippen molar-refractivity contribution in [1.29, 1.82) is 0 Å². The number of rotatable bonds is 2. The van der Waals surface area contributed by atoms with Gasteiger partial charge in [0.2, 0.25) is 0 Å². The second-order valence-electron chi connectivity index (χ2n) is 6.04. The first kappa shape index (κ1) is 15.0. The van der Waals surface area contributed by atoms with Crippen molar-refractivity contribution in [2.75, 3.05) is 0 Å². The Balaban J connectivity index is 1.74. The van der Waals surface area contributed by atoms with E-state index in [9.17, 15) is 0 Å². The normalized spacial score (nSPS) is 11.5. The number of aromatic nitrogens is 6. The fourth-order valence-electron chi connectivity index (χ4n) is 3.02. The third-order valence-corrected chi connectivity index (χ3v) is 4.57. The van der Waals surface area contributed by atoms with E-state index in [0.29, 0.717) is 10.8 Å². The Morgan fingerprint density at radius 3 is 2.69 bits per heavy atom. The predicted molar refractivity (Wildman–Crippen MR) is 101 cm³/mol. The van der Waals surface area contributed by atoms with Crippen molar-refractivity contribution in [1.82, 2.24) is 29.4 Å². The zero-order valence-electron chi connectivity index (χ0n) is 13.8. The van der Waals surface area contributed by atoms with Crippen LogP contribution in [-0.2, 0) is 0 Å². The highest BCUT2D eigenvalue weighted by Gasteiger charge is 2.15. The number of hydrogen-bond acceptors (Lipinski definition) is 4. The van der Waals surface area contributed by atoms with E-state index in [2.05, 4.69) is 15.2 Å². The number of benzene rings is 2. The van der Waals surface area contributed by atoms with Gasteiger partial charge in [-0.15, -0.1) is 5.10 Å². The molecule has 26 heavy (non-hydrogen) atoms. The molecular formula is C19H13ClN6. The van der Waals surface area contributed by atoms with Crippen LogP contribution in [-0.4, -0.2) is 29.4 Å². The molecule has 0 atom stereocenters. The Morgan fingerprint density at radius 1 is 1.00 bits per heavy atom. The van der Waals surface area contributed by atoms with Gasteiger partial charge in [0.25, 0.3) is 0 Å². The quantitative estimate of drug-likeness (QED) is 0.475. The van der Waals surface area contributed by atoms with Crippen LogP contribution >= 0.6 is 11.6 Å². The van der Waals surface area contributed by atoms with Gasteiger partial charge < -0.3 is 0 Å². The lowest BCUT2D eigenvalue weighted by molar-refractivity contribution is 0.876. The standard InChI is InChI=1S/C19H13ClN6/c1-12-7-8-14(20)9-16(12)26-18-15(10-22-26)19-23-17(24-25(19)11-21-18)13-5-3-2-4-6-13/h2-11H,1H3. The van der Waals surface area contributed by atoms with E-state index in [1.807, 2.05) is 55.5 Å². The van der Waals surface area contributed by atoms with Gasteiger partial charge in [-0.25, -0.2) is 19.2 Å². The molecule has 0 spiro atoms. The van der Waals surface area contributed by atoms with Gasteiger partial charge in [0.15, 0.2) is 17.1 Å². The number of hydrogen-bond donors (Lipinski definition) is 0. The highest BCUT2D eigenvalue weighted by molar-refractivity contribution is 6.30. The highest BCUT2D eigenvalue weighted by atomic mass is 35.5. The van der Waals surface area contributed by atoms with Crippen LogP contribution < -0.4 is 0 Å².